The normalized spacial score (nSPS) is 11.2. The van der Waals surface area contributed by atoms with Crippen LogP contribution in [0.3, 0.4) is 0 Å². The molecule has 0 unspecified atom stereocenters. The van der Waals surface area contributed by atoms with E-state index in [9.17, 15) is 19.2 Å². The summed E-state index contributed by atoms with van der Waals surface area (Å²) in [7, 11) is 5.47. The van der Waals surface area contributed by atoms with Crippen molar-refractivity contribution in [3.63, 3.8) is 0 Å². The molecule has 0 atom stereocenters. The zero-order valence-corrected chi connectivity index (χ0v) is 24.8. The number of carbonyl (C=O) groups excluding carboxylic acids is 4. The highest BCUT2D eigenvalue weighted by Crippen LogP contribution is 2.41. The van der Waals surface area contributed by atoms with Crippen molar-refractivity contribution in [2.45, 2.75) is 27.7 Å². The molecule has 0 heterocycles. The number of hydrogen-bond donors (Lipinski definition) is 0. The second kappa shape index (κ2) is 15.7. The van der Waals surface area contributed by atoms with Crippen molar-refractivity contribution in [3.8, 4) is 34.5 Å². The van der Waals surface area contributed by atoms with Crippen molar-refractivity contribution in [2.24, 2.45) is 0 Å². The van der Waals surface area contributed by atoms with Crippen LogP contribution in [0, 0.1) is 0 Å². The van der Waals surface area contributed by atoms with E-state index in [4.69, 9.17) is 37.9 Å². The summed E-state index contributed by atoms with van der Waals surface area (Å²) < 4.78 is 42.5. The van der Waals surface area contributed by atoms with Crippen LogP contribution in [0.2, 0.25) is 0 Å². The van der Waals surface area contributed by atoms with Gasteiger partial charge in [0.15, 0.2) is 23.0 Å². The molecule has 0 N–H and O–H groups in total. The van der Waals surface area contributed by atoms with E-state index in [1.807, 2.05) is 0 Å². The largest absolute Gasteiger partial charge is 0.493 e. The Morgan fingerprint density at radius 2 is 0.857 bits per heavy atom. The zero-order valence-electron chi connectivity index (χ0n) is 24.8. The van der Waals surface area contributed by atoms with Crippen LogP contribution in [0.1, 0.15) is 38.8 Å². The van der Waals surface area contributed by atoms with E-state index in [-0.39, 0.29) is 58.9 Å². The van der Waals surface area contributed by atoms with Crippen LogP contribution < -0.4 is 28.4 Å². The summed E-state index contributed by atoms with van der Waals surface area (Å²) in [6, 6.07) is 5.96. The standard InChI is InChI=1S/C30H34O12/c1-9-39-29(33)21(11-19-13-23(35-5)27(41-17(3)31)24(14-19)36-6)22(30(34)40-10-2)12-20-15-25(37-7)28(42-18(4)32)26(16-20)38-8/h11-16H,9-10H2,1-8H3/b21-11-,22-12-. The maximum atomic E-state index is 13.3. The van der Waals surface area contributed by atoms with Crippen molar-refractivity contribution >= 4 is 36.0 Å². The lowest BCUT2D eigenvalue weighted by atomic mass is 9.99. The molecule has 2 rings (SSSR count). The molecule has 0 fully saturated rings. The first-order valence-electron chi connectivity index (χ1n) is 12.7. The molecule has 0 bridgehead atoms. The number of benzene rings is 2. The van der Waals surface area contributed by atoms with Crippen molar-refractivity contribution in [1.29, 1.82) is 0 Å². The summed E-state index contributed by atoms with van der Waals surface area (Å²) >= 11 is 0. The van der Waals surface area contributed by atoms with Crippen LogP contribution in [-0.4, -0.2) is 65.5 Å². The molecule has 0 aromatic heterocycles. The Bertz CT molecular complexity index is 1230. The monoisotopic (exact) mass is 586 g/mol. The molecule has 2 aromatic rings. The topological polar surface area (TPSA) is 142 Å². The summed E-state index contributed by atoms with van der Waals surface area (Å²) in [4.78, 5) is 49.8. The lowest BCUT2D eigenvalue weighted by Gasteiger charge is -2.16. The molecule has 0 aliphatic rings. The summed E-state index contributed by atoms with van der Waals surface area (Å²) in [5, 5.41) is 0. The molecule has 42 heavy (non-hydrogen) atoms. The fraction of sp³-hybridized carbons (Fsp3) is 0.333. The van der Waals surface area contributed by atoms with Gasteiger partial charge in [-0.05, 0) is 61.4 Å². The molecule has 226 valence electrons. The molecular formula is C30H34O12. The first-order valence-corrected chi connectivity index (χ1v) is 12.7. The zero-order chi connectivity index (χ0) is 31.4. The van der Waals surface area contributed by atoms with Crippen molar-refractivity contribution in [3.05, 3.63) is 46.5 Å². The van der Waals surface area contributed by atoms with E-state index in [1.165, 1.54) is 78.7 Å². The molecule has 0 aliphatic heterocycles. The minimum Gasteiger partial charge on any atom is -0.493 e. The van der Waals surface area contributed by atoms with E-state index in [1.54, 1.807) is 13.8 Å². The van der Waals surface area contributed by atoms with Gasteiger partial charge in [-0.15, -0.1) is 0 Å². The fourth-order valence-electron chi connectivity index (χ4n) is 3.70. The number of ether oxygens (including phenoxy) is 8. The Hall–Kier alpha value is -5.00. The highest BCUT2D eigenvalue weighted by molar-refractivity contribution is 6.13. The number of hydrogen-bond acceptors (Lipinski definition) is 12. The summed E-state index contributed by atoms with van der Waals surface area (Å²) in [6.07, 6.45) is 2.76. The van der Waals surface area contributed by atoms with E-state index >= 15 is 0 Å². The average molecular weight is 587 g/mol. The third kappa shape index (κ3) is 8.50. The average Bonchev–Trinajstić information content (AvgIpc) is 2.95. The molecule has 0 aliphatic carbocycles. The van der Waals surface area contributed by atoms with Gasteiger partial charge >= 0.3 is 23.9 Å². The number of rotatable bonds is 13. The third-order valence-corrected chi connectivity index (χ3v) is 5.36. The van der Waals surface area contributed by atoms with E-state index in [2.05, 4.69) is 0 Å². The van der Waals surface area contributed by atoms with E-state index in [0.717, 1.165) is 0 Å². The number of carbonyl (C=O) groups is 4. The first kappa shape index (κ1) is 33.2. The van der Waals surface area contributed by atoms with Gasteiger partial charge in [0.1, 0.15) is 0 Å². The Morgan fingerprint density at radius 1 is 0.571 bits per heavy atom. The molecule has 2 aromatic carbocycles. The number of esters is 4. The third-order valence-electron chi connectivity index (χ3n) is 5.36. The van der Waals surface area contributed by atoms with E-state index < -0.39 is 23.9 Å². The Kier molecular flexibility index (Phi) is 12.4. The van der Waals surface area contributed by atoms with Gasteiger partial charge in [0, 0.05) is 13.8 Å². The van der Waals surface area contributed by atoms with Crippen LogP contribution in [-0.2, 0) is 28.7 Å². The molecule has 0 saturated carbocycles. The van der Waals surface area contributed by atoms with Crippen LogP contribution in [0.5, 0.6) is 34.5 Å². The van der Waals surface area contributed by atoms with Crippen LogP contribution in [0.4, 0.5) is 0 Å². The quantitative estimate of drug-likeness (QED) is 0.144. The van der Waals surface area contributed by atoms with Gasteiger partial charge in [0.2, 0.25) is 11.5 Å². The van der Waals surface area contributed by atoms with Crippen molar-refractivity contribution in [1.82, 2.24) is 0 Å². The van der Waals surface area contributed by atoms with Gasteiger partial charge in [-0.1, -0.05) is 0 Å². The lowest BCUT2D eigenvalue weighted by Crippen LogP contribution is -2.17. The van der Waals surface area contributed by atoms with Gasteiger partial charge in [0.25, 0.3) is 0 Å². The van der Waals surface area contributed by atoms with Crippen molar-refractivity contribution in [2.75, 3.05) is 41.7 Å². The van der Waals surface area contributed by atoms with Gasteiger partial charge in [-0.3, -0.25) is 9.59 Å². The maximum absolute atomic E-state index is 13.3. The van der Waals surface area contributed by atoms with Crippen LogP contribution in [0.15, 0.2) is 35.4 Å². The van der Waals surface area contributed by atoms with Crippen LogP contribution >= 0.6 is 0 Å². The first-order chi connectivity index (χ1) is 20.0. The van der Waals surface area contributed by atoms with Gasteiger partial charge in [-0.2, -0.15) is 0 Å². The molecule has 0 amide bonds. The minimum atomic E-state index is -0.825. The molecular weight excluding hydrogens is 552 g/mol. The van der Waals surface area contributed by atoms with Crippen molar-refractivity contribution < 1.29 is 57.1 Å². The summed E-state index contributed by atoms with van der Waals surface area (Å²) in [5.74, 6) is -2.23. The second-order valence-corrected chi connectivity index (χ2v) is 8.25. The lowest BCUT2D eigenvalue weighted by molar-refractivity contribution is -0.141. The molecule has 12 heteroatoms. The molecule has 0 saturated heterocycles. The Morgan fingerprint density at radius 3 is 1.07 bits per heavy atom. The highest BCUT2D eigenvalue weighted by atomic mass is 16.6. The second-order valence-electron chi connectivity index (χ2n) is 8.25. The minimum absolute atomic E-state index is 0.0169. The Labute approximate surface area is 243 Å². The van der Waals surface area contributed by atoms with Crippen LogP contribution in [0.25, 0.3) is 12.2 Å². The fourth-order valence-corrected chi connectivity index (χ4v) is 3.70. The predicted octanol–water partition coefficient (Wildman–Crippen LogP) is 4.16. The SMILES string of the molecule is CCOC(=O)C(=C\c1cc(OC)c(OC(C)=O)c(OC)c1)/C(=C/c1cc(OC)c(OC(C)=O)c(OC)c1)C(=O)OCC. The van der Waals surface area contributed by atoms with Gasteiger partial charge < -0.3 is 37.9 Å². The number of methoxy groups -OCH3 is 4. The highest BCUT2D eigenvalue weighted by Gasteiger charge is 2.26. The Balaban J connectivity index is 2.89. The van der Waals surface area contributed by atoms with Gasteiger partial charge in [-0.25, -0.2) is 9.59 Å². The summed E-state index contributed by atoms with van der Waals surface area (Å²) in [5.41, 5.74) is 0.361. The predicted molar refractivity (Wildman–Crippen MR) is 151 cm³/mol. The van der Waals surface area contributed by atoms with Gasteiger partial charge in [0.05, 0.1) is 52.8 Å². The molecule has 0 radical (unpaired) electrons. The molecule has 0 spiro atoms. The summed E-state index contributed by atoms with van der Waals surface area (Å²) in [6.45, 7) is 5.72. The maximum Gasteiger partial charge on any atom is 0.339 e. The smallest absolute Gasteiger partial charge is 0.339 e. The molecule has 12 nitrogen and oxygen atoms in total. The van der Waals surface area contributed by atoms with E-state index in [0.29, 0.717) is 11.1 Å².